The first-order valence-corrected chi connectivity index (χ1v) is 14.0. The van der Waals surface area contributed by atoms with Crippen molar-refractivity contribution in [1.29, 1.82) is 0 Å². The van der Waals surface area contributed by atoms with Gasteiger partial charge in [0.2, 0.25) is 0 Å². The van der Waals surface area contributed by atoms with Crippen molar-refractivity contribution in [3.8, 4) is 0 Å². The molecule has 0 aromatic carbocycles. The van der Waals surface area contributed by atoms with Crippen molar-refractivity contribution in [1.82, 2.24) is 0 Å². The summed E-state index contributed by atoms with van der Waals surface area (Å²) in [5.41, 5.74) is 0.0180. The van der Waals surface area contributed by atoms with Crippen LogP contribution in [0, 0.1) is 56.2 Å². The zero-order valence-electron chi connectivity index (χ0n) is 22.7. The summed E-state index contributed by atoms with van der Waals surface area (Å²) in [5.74, 6) is 0.760. The minimum Gasteiger partial charge on any atom is -0.481 e. The molecule has 0 aromatic rings. The number of fused-ring (bicyclic) bond motifs is 7. The Hall–Kier alpha value is -0.900. The van der Waals surface area contributed by atoms with Gasteiger partial charge in [0.05, 0.1) is 5.41 Å². The molecular formula is C30H48O4. The summed E-state index contributed by atoms with van der Waals surface area (Å²) < 4.78 is 0. The van der Waals surface area contributed by atoms with Crippen molar-refractivity contribution in [2.75, 3.05) is 0 Å². The molecular weight excluding hydrogens is 424 g/mol. The van der Waals surface area contributed by atoms with E-state index in [2.05, 4.69) is 41.5 Å². The maximum Gasteiger partial charge on any atom is 0.309 e. The Labute approximate surface area is 206 Å². The van der Waals surface area contributed by atoms with Gasteiger partial charge in [0.25, 0.3) is 0 Å². The number of carboxylic acid groups (broad SMARTS) is 1. The lowest BCUT2D eigenvalue weighted by atomic mass is 9.30. The van der Waals surface area contributed by atoms with Gasteiger partial charge in [-0.25, -0.2) is 0 Å². The van der Waals surface area contributed by atoms with E-state index in [1.807, 2.05) is 6.92 Å². The minimum atomic E-state index is -0.808. The third-order valence-electron chi connectivity index (χ3n) is 14.1. The van der Waals surface area contributed by atoms with Crippen molar-refractivity contribution in [2.45, 2.75) is 119 Å². The fourth-order valence-corrected chi connectivity index (χ4v) is 11.1. The van der Waals surface area contributed by atoms with Crippen LogP contribution in [0.1, 0.15) is 113 Å². The smallest absolute Gasteiger partial charge is 0.309 e. The van der Waals surface area contributed by atoms with Crippen LogP contribution in [0.25, 0.3) is 0 Å². The first kappa shape index (κ1) is 24.8. The lowest BCUT2D eigenvalue weighted by Crippen LogP contribution is -2.68. The zero-order chi connectivity index (χ0) is 25.1. The van der Waals surface area contributed by atoms with Gasteiger partial charge in [-0.2, -0.15) is 0 Å². The zero-order valence-corrected chi connectivity index (χ0v) is 22.7. The lowest BCUT2D eigenvalue weighted by Gasteiger charge is -2.74. The topological polar surface area (TPSA) is 74.6 Å². The molecule has 5 aliphatic rings. The van der Waals surface area contributed by atoms with Crippen LogP contribution < -0.4 is 0 Å². The Bertz CT molecular complexity index is 913. The van der Waals surface area contributed by atoms with Gasteiger partial charge in [-0.15, -0.1) is 0 Å². The quantitative estimate of drug-likeness (QED) is 0.457. The highest BCUT2D eigenvalue weighted by molar-refractivity contribution is 5.84. The summed E-state index contributed by atoms with van der Waals surface area (Å²) in [6.07, 6.45) is 9.27. The van der Waals surface area contributed by atoms with Gasteiger partial charge in [-0.1, -0.05) is 41.5 Å². The van der Waals surface area contributed by atoms with E-state index in [1.54, 1.807) is 0 Å². The first-order chi connectivity index (χ1) is 15.6. The van der Waals surface area contributed by atoms with E-state index in [0.717, 1.165) is 38.5 Å². The van der Waals surface area contributed by atoms with E-state index in [4.69, 9.17) is 0 Å². The number of aliphatic hydroxyl groups is 1. The Morgan fingerprint density at radius 1 is 0.794 bits per heavy atom. The third kappa shape index (κ3) is 2.81. The van der Waals surface area contributed by atoms with E-state index >= 15 is 0 Å². The number of hydrogen-bond donors (Lipinski definition) is 2. The normalized spacial score (nSPS) is 59.3. The second kappa shape index (κ2) is 7.11. The fraction of sp³-hybridized carbons (Fsp3) is 0.933. The van der Waals surface area contributed by atoms with Gasteiger partial charge in [-0.3, -0.25) is 9.59 Å². The minimum absolute atomic E-state index is 0.0125. The van der Waals surface area contributed by atoms with Crippen molar-refractivity contribution in [3.05, 3.63) is 0 Å². The number of aliphatic hydroxyl groups excluding tert-OH is 1. The average Bonchev–Trinajstić information content (AvgIpc) is 2.77. The maximum atomic E-state index is 12.9. The predicted molar refractivity (Wildman–Crippen MR) is 133 cm³/mol. The maximum absolute atomic E-state index is 12.9. The molecule has 192 valence electrons. The molecule has 0 aliphatic heterocycles. The largest absolute Gasteiger partial charge is 0.481 e. The molecule has 5 saturated carbocycles. The van der Waals surface area contributed by atoms with E-state index in [9.17, 15) is 19.8 Å². The number of carboxylic acids is 1. The van der Waals surface area contributed by atoms with Crippen LogP contribution in [0.15, 0.2) is 0 Å². The van der Waals surface area contributed by atoms with E-state index < -0.39 is 17.5 Å². The summed E-state index contributed by atoms with van der Waals surface area (Å²) in [5, 5.41) is 20.8. The highest BCUT2D eigenvalue weighted by Gasteiger charge is 2.71. The van der Waals surface area contributed by atoms with Crippen LogP contribution in [0.2, 0.25) is 0 Å². The standard InChI is InChI=1S/C30H48O4/c1-18-23(32)19(31)16-21-27(18,4)9-8-20-28(21,5)13-15-30(7)22-17-26(3,24(33)34)11-10-25(22,2)12-14-29(20,30)6/h18,20-23,32H,8-17H2,1-7H3,(H,33,34)/t18-,20-,21+,22+,23+,25+,26+,27+,28+,29+,30-/m0/s1. The molecule has 4 heteroatoms. The average molecular weight is 473 g/mol. The molecule has 0 heterocycles. The molecule has 5 aliphatic carbocycles. The molecule has 5 fully saturated rings. The SMILES string of the molecule is C[C@H]1[C@@H](O)C(=O)C[C@@H]2[C@]1(C)CC[C@H]1[C@@]2(C)CC[C@@]2(C)[C@@H]3C[C@](C)(C(=O)O)CC[C@]3(C)CC[C@]12C. The third-order valence-corrected chi connectivity index (χ3v) is 14.1. The summed E-state index contributed by atoms with van der Waals surface area (Å²) >= 11 is 0. The first-order valence-electron chi connectivity index (χ1n) is 14.0. The van der Waals surface area contributed by atoms with Gasteiger partial charge < -0.3 is 10.2 Å². The van der Waals surface area contributed by atoms with Crippen LogP contribution in [0.4, 0.5) is 0 Å². The number of carbonyl (C=O) groups excluding carboxylic acids is 1. The fourth-order valence-electron chi connectivity index (χ4n) is 11.1. The predicted octanol–water partition coefficient (Wildman–Crippen LogP) is 6.49. The van der Waals surface area contributed by atoms with E-state index in [0.29, 0.717) is 24.2 Å². The molecule has 11 atom stereocenters. The van der Waals surface area contributed by atoms with Crippen molar-refractivity contribution in [2.24, 2.45) is 56.2 Å². The molecule has 0 radical (unpaired) electrons. The Kier molecular flexibility index (Phi) is 5.18. The highest BCUT2D eigenvalue weighted by Crippen LogP contribution is 2.78. The highest BCUT2D eigenvalue weighted by atomic mass is 16.4. The summed E-state index contributed by atoms with van der Waals surface area (Å²) in [6.45, 7) is 16.5. The number of carbonyl (C=O) groups is 2. The molecule has 0 amide bonds. The van der Waals surface area contributed by atoms with Gasteiger partial charge in [0.1, 0.15) is 6.10 Å². The van der Waals surface area contributed by atoms with Crippen molar-refractivity contribution >= 4 is 11.8 Å². The number of aliphatic carboxylic acids is 1. The number of hydrogen-bond acceptors (Lipinski definition) is 3. The van der Waals surface area contributed by atoms with Crippen LogP contribution >= 0.6 is 0 Å². The molecule has 0 saturated heterocycles. The van der Waals surface area contributed by atoms with E-state index in [-0.39, 0.29) is 38.8 Å². The summed E-state index contributed by atoms with van der Waals surface area (Å²) in [4.78, 5) is 25.2. The molecule has 0 unspecified atom stereocenters. The second-order valence-electron chi connectivity index (χ2n) is 15.2. The van der Waals surface area contributed by atoms with Gasteiger partial charge in [0, 0.05) is 6.42 Å². The Balaban J connectivity index is 1.55. The molecule has 0 bridgehead atoms. The molecule has 0 aromatic heterocycles. The van der Waals surface area contributed by atoms with Gasteiger partial charge in [-0.05, 0) is 115 Å². The van der Waals surface area contributed by atoms with Gasteiger partial charge in [0.15, 0.2) is 5.78 Å². The monoisotopic (exact) mass is 472 g/mol. The molecule has 4 nitrogen and oxygen atoms in total. The van der Waals surface area contributed by atoms with E-state index in [1.165, 1.54) is 19.3 Å². The number of rotatable bonds is 1. The van der Waals surface area contributed by atoms with Crippen molar-refractivity contribution in [3.63, 3.8) is 0 Å². The van der Waals surface area contributed by atoms with Crippen LogP contribution in [-0.4, -0.2) is 28.1 Å². The number of Topliss-reactive ketones (excluding diaryl/α,β-unsaturated/α-hetero) is 1. The second-order valence-corrected chi connectivity index (χ2v) is 15.2. The number of ketones is 1. The molecule has 2 N–H and O–H groups in total. The molecule has 0 spiro atoms. The Morgan fingerprint density at radius 3 is 2.03 bits per heavy atom. The van der Waals surface area contributed by atoms with Crippen LogP contribution in [0.5, 0.6) is 0 Å². The van der Waals surface area contributed by atoms with Gasteiger partial charge >= 0.3 is 5.97 Å². The van der Waals surface area contributed by atoms with Crippen molar-refractivity contribution < 1.29 is 19.8 Å². The lowest BCUT2D eigenvalue weighted by molar-refractivity contribution is -0.260. The molecule has 34 heavy (non-hydrogen) atoms. The summed E-state index contributed by atoms with van der Waals surface area (Å²) in [7, 11) is 0. The van der Waals surface area contributed by atoms with Crippen LogP contribution in [0.3, 0.4) is 0 Å². The van der Waals surface area contributed by atoms with Crippen LogP contribution in [-0.2, 0) is 9.59 Å². The summed E-state index contributed by atoms with van der Waals surface area (Å²) in [6, 6.07) is 0. The molecule has 5 rings (SSSR count). The Morgan fingerprint density at radius 2 is 1.38 bits per heavy atom.